The van der Waals surface area contributed by atoms with Crippen molar-refractivity contribution >= 4 is 5.97 Å². The van der Waals surface area contributed by atoms with Crippen molar-refractivity contribution < 1.29 is 9.90 Å². The first-order chi connectivity index (χ1) is 7.68. The van der Waals surface area contributed by atoms with Crippen LogP contribution in [0.5, 0.6) is 0 Å². The Morgan fingerprint density at radius 2 is 2.12 bits per heavy atom. The summed E-state index contributed by atoms with van der Waals surface area (Å²) in [5, 5.41) is 16.1. The molecule has 0 saturated heterocycles. The summed E-state index contributed by atoms with van der Waals surface area (Å²) in [4.78, 5) is 14.6. The molecule has 2 rings (SSSR count). The zero-order chi connectivity index (χ0) is 11.5. The highest BCUT2D eigenvalue weighted by atomic mass is 16.4. The molecule has 2 aromatic heterocycles. The molecule has 0 unspecified atom stereocenters. The maximum Gasteiger partial charge on any atom is 0.358 e. The molecule has 6 heteroatoms. The highest BCUT2D eigenvalue weighted by Crippen LogP contribution is 2.15. The molecule has 0 spiro atoms. The van der Waals surface area contributed by atoms with Gasteiger partial charge < -0.3 is 5.11 Å². The molecular weight excluding hydrogens is 208 g/mol. The second-order valence-corrected chi connectivity index (χ2v) is 3.35. The maximum atomic E-state index is 10.6. The number of aromatic nitrogens is 4. The monoisotopic (exact) mass is 218 g/mol. The van der Waals surface area contributed by atoms with Crippen LogP contribution in [0.4, 0.5) is 0 Å². The summed E-state index contributed by atoms with van der Waals surface area (Å²) in [7, 11) is 0. The lowest BCUT2D eigenvalue weighted by atomic mass is 10.1. The molecule has 0 radical (unpaired) electrons. The van der Waals surface area contributed by atoms with Gasteiger partial charge in [-0.25, -0.2) is 9.48 Å². The number of pyridine rings is 1. The number of carboxylic acid groups (broad SMARTS) is 1. The van der Waals surface area contributed by atoms with E-state index in [2.05, 4.69) is 15.3 Å². The van der Waals surface area contributed by atoms with Crippen molar-refractivity contribution in [3.8, 4) is 0 Å². The summed E-state index contributed by atoms with van der Waals surface area (Å²) >= 11 is 0. The van der Waals surface area contributed by atoms with Gasteiger partial charge in [0.2, 0.25) is 0 Å². The van der Waals surface area contributed by atoms with Gasteiger partial charge in [0.25, 0.3) is 0 Å². The number of hydrogen-bond donors (Lipinski definition) is 1. The predicted molar refractivity (Wildman–Crippen MR) is 55.0 cm³/mol. The minimum absolute atomic E-state index is 0.0547. The van der Waals surface area contributed by atoms with Crippen LogP contribution in [-0.2, 0) is 0 Å². The van der Waals surface area contributed by atoms with Gasteiger partial charge in [-0.15, -0.1) is 5.10 Å². The van der Waals surface area contributed by atoms with Crippen LogP contribution in [-0.4, -0.2) is 31.1 Å². The molecule has 0 fully saturated rings. The van der Waals surface area contributed by atoms with Gasteiger partial charge in [0.05, 0.1) is 12.2 Å². The molecule has 2 heterocycles. The topological polar surface area (TPSA) is 80.9 Å². The first kappa shape index (κ1) is 10.3. The number of aromatic carboxylic acids is 1. The Bertz CT molecular complexity index is 495. The number of hydrogen-bond acceptors (Lipinski definition) is 4. The van der Waals surface area contributed by atoms with Crippen molar-refractivity contribution in [3.63, 3.8) is 0 Å². The summed E-state index contributed by atoms with van der Waals surface area (Å²) in [6.45, 7) is 1.91. The van der Waals surface area contributed by atoms with Gasteiger partial charge in [0, 0.05) is 12.4 Å². The maximum absolute atomic E-state index is 10.6. The van der Waals surface area contributed by atoms with Gasteiger partial charge in [-0.05, 0) is 24.6 Å². The first-order valence-corrected chi connectivity index (χ1v) is 4.73. The largest absolute Gasteiger partial charge is 0.476 e. The van der Waals surface area contributed by atoms with Gasteiger partial charge in [-0.2, -0.15) is 0 Å². The Labute approximate surface area is 91.6 Å². The SMILES string of the molecule is C[C@H](c1ccncc1)n1cc(C(=O)O)nn1. The zero-order valence-electron chi connectivity index (χ0n) is 8.61. The standard InChI is InChI=1S/C10H10N4O2/c1-7(8-2-4-11-5-3-8)14-6-9(10(15)16)12-13-14/h2-7H,1H3,(H,15,16)/t7-/m1/s1. The third-order valence-electron chi connectivity index (χ3n) is 2.31. The van der Waals surface area contributed by atoms with Gasteiger partial charge in [0.1, 0.15) is 0 Å². The van der Waals surface area contributed by atoms with E-state index in [1.54, 1.807) is 12.4 Å². The molecule has 0 amide bonds. The van der Waals surface area contributed by atoms with Crippen LogP contribution in [0.3, 0.4) is 0 Å². The Morgan fingerprint density at radius 3 is 2.69 bits per heavy atom. The predicted octanol–water partition coefficient (Wildman–Crippen LogP) is 0.981. The summed E-state index contributed by atoms with van der Waals surface area (Å²) in [6.07, 6.45) is 4.77. The molecule has 1 atom stereocenters. The second-order valence-electron chi connectivity index (χ2n) is 3.35. The van der Waals surface area contributed by atoms with Crippen LogP contribution in [0, 0.1) is 0 Å². The fourth-order valence-electron chi connectivity index (χ4n) is 1.36. The minimum Gasteiger partial charge on any atom is -0.476 e. The summed E-state index contributed by atoms with van der Waals surface area (Å²) in [6, 6.07) is 3.64. The van der Waals surface area contributed by atoms with Gasteiger partial charge in [0.15, 0.2) is 5.69 Å². The van der Waals surface area contributed by atoms with Gasteiger partial charge in [-0.3, -0.25) is 4.98 Å². The van der Waals surface area contributed by atoms with Crippen molar-refractivity contribution in [2.75, 3.05) is 0 Å². The van der Waals surface area contributed by atoms with E-state index in [1.807, 2.05) is 19.1 Å². The molecular formula is C10H10N4O2. The van der Waals surface area contributed by atoms with Crippen molar-refractivity contribution in [3.05, 3.63) is 42.0 Å². The van der Waals surface area contributed by atoms with E-state index in [0.29, 0.717) is 0 Å². The average molecular weight is 218 g/mol. The van der Waals surface area contributed by atoms with E-state index in [1.165, 1.54) is 10.9 Å². The van der Waals surface area contributed by atoms with E-state index in [-0.39, 0.29) is 11.7 Å². The number of carbonyl (C=O) groups is 1. The highest BCUT2D eigenvalue weighted by molar-refractivity contribution is 5.84. The molecule has 6 nitrogen and oxygen atoms in total. The number of nitrogens with zero attached hydrogens (tertiary/aromatic N) is 4. The smallest absolute Gasteiger partial charge is 0.358 e. The molecule has 2 aromatic rings. The van der Waals surface area contributed by atoms with Crippen molar-refractivity contribution in [2.24, 2.45) is 0 Å². The minimum atomic E-state index is -1.08. The van der Waals surface area contributed by atoms with E-state index in [9.17, 15) is 4.79 Å². The van der Waals surface area contributed by atoms with Gasteiger partial charge in [-0.1, -0.05) is 5.21 Å². The summed E-state index contributed by atoms with van der Waals surface area (Å²) < 4.78 is 1.51. The fourth-order valence-corrected chi connectivity index (χ4v) is 1.36. The average Bonchev–Trinajstić information content (AvgIpc) is 2.78. The Hall–Kier alpha value is -2.24. The molecule has 0 aliphatic rings. The van der Waals surface area contributed by atoms with E-state index in [0.717, 1.165) is 5.56 Å². The van der Waals surface area contributed by atoms with Crippen LogP contribution < -0.4 is 0 Å². The number of carboxylic acids is 1. The first-order valence-electron chi connectivity index (χ1n) is 4.73. The molecule has 0 bridgehead atoms. The Balaban J connectivity index is 2.27. The highest BCUT2D eigenvalue weighted by Gasteiger charge is 2.13. The Kier molecular flexibility index (Phi) is 2.63. The summed E-state index contributed by atoms with van der Waals surface area (Å²) in [5.41, 5.74) is 0.942. The van der Waals surface area contributed by atoms with E-state index >= 15 is 0 Å². The van der Waals surface area contributed by atoms with E-state index in [4.69, 9.17) is 5.11 Å². The molecule has 0 aliphatic carbocycles. The lowest BCUT2D eigenvalue weighted by molar-refractivity contribution is 0.0690. The third kappa shape index (κ3) is 1.90. The molecule has 0 saturated carbocycles. The lowest BCUT2D eigenvalue weighted by Crippen LogP contribution is -2.07. The zero-order valence-corrected chi connectivity index (χ0v) is 8.61. The molecule has 16 heavy (non-hydrogen) atoms. The van der Waals surface area contributed by atoms with Crippen LogP contribution in [0.25, 0.3) is 0 Å². The van der Waals surface area contributed by atoms with Crippen molar-refractivity contribution in [1.82, 2.24) is 20.0 Å². The second kappa shape index (κ2) is 4.09. The van der Waals surface area contributed by atoms with Crippen molar-refractivity contribution in [2.45, 2.75) is 13.0 Å². The van der Waals surface area contributed by atoms with Crippen LogP contribution in [0.15, 0.2) is 30.7 Å². The summed E-state index contributed by atoms with van der Waals surface area (Å²) in [5.74, 6) is -1.08. The van der Waals surface area contributed by atoms with Crippen LogP contribution in [0.1, 0.15) is 29.0 Å². The number of rotatable bonds is 3. The quantitative estimate of drug-likeness (QED) is 0.830. The van der Waals surface area contributed by atoms with Crippen LogP contribution >= 0.6 is 0 Å². The fraction of sp³-hybridized carbons (Fsp3) is 0.200. The van der Waals surface area contributed by atoms with Crippen LogP contribution in [0.2, 0.25) is 0 Å². The Morgan fingerprint density at radius 1 is 1.44 bits per heavy atom. The molecule has 1 N–H and O–H groups in total. The van der Waals surface area contributed by atoms with E-state index < -0.39 is 5.97 Å². The molecule has 82 valence electrons. The molecule has 0 aromatic carbocycles. The third-order valence-corrected chi connectivity index (χ3v) is 2.31. The molecule has 0 aliphatic heterocycles. The van der Waals surface area contributed by atoms with Gasteiger partial charge >= 0.3 is 5.97 Å². The lowest BCUT2D eigenvalue weighted by Gasteiger charge is -2.10. The van der Waals surface area contributed by atoms with Crippen molar-refractivity contribution in [1.29, 1.82) is 0 Å². The normalized spacial score (nSPS) is 12.3.